The van der Waals surface area contributed by atoms with E-state index < -0.39 is 11.8 Å². The Morgan fingerprint density at radius 2 is 2.27 bits per heavy atom. The van der Waals surface area contributed by atoms with E-state index in [2.05, 4.69) is 21.2 Å². The van der Waals surface area contributed by atoms with Gasteiger partial charge in [-0.15, -0.1) is 0 Å². The SMILES string of the molecule is Cc1cc(F)c(Br)c(C(=O)O)c1NC=O. The minimum atomic E-state index is -1.31. The topological polar surface area (TPSA) is 66.4 Å². The largest absolute Gasteiger partial charge is 0.478 e. The Morgan fingerprint density at radius 3 is 2.73 bits per heavy atom. The predicted molar refractivity (Wildman–Crippen MR) is 55.5 cm³/mol. The molecular formula is C9H7BrFNO3. The van der Waals surface area contributed by atoms with Gasteiger partial charge >= 0.3 is 5.97 Å². The van der Waals surface area contributed by atoms with Crippen LogP contribution in [-0.2, 0) is 4.79 Å². The third kappa shape index (κ3) is 2.15. The van der Waals surface area contributed by atoms with Gasteiger partial charge in [-0.05, 0) is 34.5 Å². The molecule has 0 atom stereocenters. The van der Waals surface area contributed by atoms with Crippen molar-refractivity contribution in [2.75, 3.05) is 5.32 Å². The highest BCUT2D eigenvalue weighted by Gasteiger charge is 2.19. The van der Waals surface area contributed by atoms with Gasteiger partial charge in [-0.1, -0.05) is 0 Å². The number of hydrogen-bond donors (Lipinski definition) is 2. The summed E-state index contributed by atoms with van der Waals surface area (Å²) in [6.45, 7) is 1.51. The van der Waals surface area contributed by atoms with Crippen LogP contribution >= 0.6 is 15.9 Å². The quantitative estimate of drug-likeness (QED) is 0.831. The van der Waals surface area contributed by atoms with Gasteiger partial charge in [0.05, 0.1) is 10.2 Å². The normalized spacial score (nSPS) is 9.80. The van der Waals surface area contributed by atoms with Gasteiger partial charge in [-0.2, -0.15) is 0 Å². The third-order valence-corrected chi connectivity index (χ3v) is 2.61. The standard InChI is InChI=1S/C9H7BrFNO3/c1-4-2-5(11)7(10)6(9(14)15)8(4)12-3-13/h2-3H,1H3,(H,12,13)(H,14,15). The van der Waals surface area contributed by atoms with Crippen LogP contribution in [0.4, 0.5) is 10.1 Å². The highest BCUT2D eigenvalue weighted by atomic mass is 79.9. The van der Waals surface area contributed by atoms with E-state index in [0.717, 1.165) is 6.07 Å². The number of aryl methyl sites for hydroxylation is 1. The number of halogens is 2. The maximum atomic E-state index is 13.2. The molecule has 1 aromatic rings. The van der Waals surface area contributed by atoms with Crippen molar-refractivity contribution in [3.05, 3.63) is 27.5 Å². The van der Waals surface area contributed by atoms with Gasteiger partial charge in [0.1, 0.15) is 11.4 Å². The highest BCUT2D eigenvalue weighted by molar-refractivity contribution is 9.10. The average Bonchev–Trinajstić information content (AvgIpc) is 2.14. The maximum absolute atomic E-state index is 13.2. The predicted octanol–water partition coefficient (Wildman–Crippen LogP) is 2.16. The van der Waals surface area contributed by atoms with E-state index in [1.54, 1.807) is 0 Å². The van der Waals surface area contributed by atoms with Crippen LogP contribution in [-0.4, -0.2) is 17.5 Å². The Morgan fingerprint density at radius 1 is 1.67 bits per heavy atom. The van der Waals surface area contributed by atoms with Crippen LogP contribution in [0.25, 0.3) is 0 Å². The number of hydrogen-bond acceptors (Lipinski definition) is 2. The van der Waals surface area contributed by atoms with Crippen LogP contribution < -0.4 is 5.32 Å². The average molecular weight is 276 g/mol. The number of carbonyl (C=O) groups is 2. The first-order chi connectivity index (χ1) is 6.99. The molecule has 0 aliphatic rings. The second-order valence-electron chi connectivity index (χ2n) is 2.81. The van der Waals surface area contributed by atoms with Crippen LogP contribution in [0.5, 0.6) is 0 Å². The van der Waals surface area contributed by atoms with E-state index in [-0.39, 0.29) is 15.7 Å². The summed E-state index contributed by atoms with van der Waals surface area (Å²) in [6.07, 6.45) is 0.346. The minimum Gasteiger partial charge on any atom is -0.478 e. The van der Waals surface area contributed by atoms with Crippen LogP contribution in [0.1, 0.15) is 15.9 Å². The van der Waals surface area contributed by atoms with Gasteiger partial charge < -0.3 is 10.4 Å². The van der Waals surface area contributed by atoms with E-state index in [0.29, 0.717) is 12.0 Å². The van der Waals surface area contributed by atoms with E-state index in [1.165, 1.54) is 6.92 Å². The molecule has 4 nitrogen and oxygen atoms in total. The van der Waals surface area contributed by atoms with E-state index in [1.807, 2.05) is 0 Å². The van der Waals surface area contributed by atoms with Gasteiger partial charge in [-0.3, -0.25) is 4.79 Å². The molecule has 0 aromatic heterocycles. The summed E-state index contributed by atoms with van der Waals surface area (Å²) in [5.41, 5.74) is 0.144. The zero-order valence-corrected chi connectivity index (χ0v) is 9.26. The summed E-state index contributed by atoms with van der Waals surface area (Å²) in [5.74, 6) is -1.99. The highest BCUT2D eigenvalue weighted by Crippen LogP contribution is 2.30. The number of anilines is 1. The molecular weight excluding hydrogens is 269 g/mol. The lowest BCUT2D eigenvalue weighted by atomic mass is 10.1. The van der Waals surface area contributed by atoms with Gasteiger partial charge in [0.15, 0.2) is 0 Å². The van der Waals surface area contributed by atoms with Crippen molar-refractivity contribution in [3.8, 4) is 0 Å². The van der Waals surface area contributed by atoms with Crippen LogP contribution in [0.15, 0.2) is 10.5 Å². The van der Waals surface area contributed by atoms with Crippen molar-refractivity contribution in [2.24, 2.45) is 0 Å². The van der Waals surface area contributed by atoms with Crippen LogP contribution in [0.3, 0.4) is 0 Å². The fraction of sp³-hybridized carbons (Fsp3) is 0.111. The van der Waals surface area contributed by atoms with Gasteiger partial charge in [0.2, 0.25) is 6.41 Å². The second-order valence-corrected chi connectivity index (χ2v) is 3.60. The van der Waals surface area contributed by atoms with Crippen molar-refractivity contribution in [2.45, 2.75) is 6.92 Å². The lowest BCUT2D eigenvalue weighted by molar-refractivity contribution is -0.105. The Labute approximate surface area is 93.2 Å². The number of rotatable bonds is 3. The number of nitrogens with one attached hydrogen (secondary N) is 1. The maximum Gasteiger partial charge on any atom is 0.339 e. The molecule has 6 heteroatoms. The molecule has 1 rings (SSSR count). The van der Waals surface area contributed by atoms with Gasteiger partial charge in [0.25, 0.3) is 0 Å². The Hall–Kier alpha value is -1.43. The minimum absolute atomic E-state index is 0.0887. The van der Waals surface area contributed by atoms with Crippen molar-refractivity contribution < 1.29 is 19.1 Å². The number of carboxylic acid groups (broad SMARTS) is 1. The third-order valence-electron chi connectivity index (χ3n) is 1.83. The van der Waals surface area contributed by atoms with E-state index in [4.69, 9.17) is 5.11 Å². The molecule has 0 saturated carbocycles. The molecule has 0 aliphatic carbocycles. The number of carboxylic acids is 1. The molecule has 0 radical (unpaired) electrons. The zero-order valence-electron chi connectivity index (χ0n) is 7.67. The fourth-order valence-corrected chi connectivity index (χ4v) is 1.68. The second kappa shape index (κ2) is 4.39. The molecule has 1 aromatic carbocycles. The summed E-state index contributed by atoms with van der Waals surface area (Å²) < 4.78 is 13.0. The Balaban J connectivity index is 3.53. The molecule has 0 bridgehead atoms. The number of aromatic carboxylic acids is 1. The van der Waals surface area contributed by atoms with Crippen molar-refractivity contribution >= 4 is 34.0 Å². The first-order valence-corrected chi connectivity index (χ1v) is 4.70. The molecule has 0 aliphatic heterocycles. The summed E-state index contributed by atoms with van der Waals surface area (Å²) in [6, 6.07) is 1.14. The molecule has 0 spiro atoms. The van der Waals surface area contributed by atoms with Crippen LogP contribution in [0.2, 0.25) is 0 Å². The summed E-state index contributed by atoms with van der Waals surface area (Å²) in [7, 11) is 0. The number of carbonyl (C=O) groups excluding carboxylic acids is 1. The summed E-state index contributed by atoms with van der Waals surface area (Å²) in [4.78, 5) is 21.2. The number of amides is 1. The Kier molecular flexibility index (Phi) is 3.41. The molecule has 0 heterocycles. The lowest BCUT2D eigenvalue weighted by Gasteiger charge is -2.10. The van der Waals surface area contributed by atoms with Crippen molar-refractivity contribution in [1.82, 2.24) is 0 Å². The van der Waals surface area contributed by atoms with Crippen molar-refractivity contribution in [1.29, 1.82) is 0 Å². The number of benzene rings is 1. The molecule has 2 N–H and O–H groups in total. The molecule has 1 amide bonds. The zero-order chi connectivity index (χ0) is 11.6. The summed E-state index contributed by atoms with van der Waals surface area (Å²) >= 11 is 2.82. The molecule has 80 valence electrons. The monoisotopic (exact) mass is 275 g/mol. The van der Waals surface area contributed by atoms with E-state index >= 15 is 0 Å². The Bertz CT molecular complexity index is 434. The van der Waals surface area contributed by atoms with Crippen molar-refractivity contribution in [3.63, 3.8) is 0 Å². The summed E-state index contributed by atoms with van der Waals surface area (Å²) in [5, 5.41) is 11.1. The molecule has 0 saturated heterocycles. The first kappa shape index (κ1) is 11.6. The van der Waals surface area contributed by atoms with Gasteiger partial charge in [-0.25, -0.2) is 9.18 Å². The fourth-order valence-electron chi connectivity index (χ4n) is 1.20. The van der Waals surface area contributed by atoms with Gasteiger partial charge in [0, 0.05) is 0 Å². The molecule has 0 fully saturated rings. The smallest absolute Gasteiger partial charge is 0.339 e. The first-order valence-electron chi connectivity index (χ1n) is 3.91. The lowest BCUT2D eigenvalue weighted by Crippen LogP contribution is -2.08. The van der Waals surface area contributed by atoms with Crippen LogP contribution in [0, 0.1) is 12.7 Å². The molecule has 15 heavy (non-hydrogen) atoms. The molecule has 0 unspecified atom stereocenters. The van der Waals surface area contributed by atoms with E-state index in [9.17, 15) is 14.0 Å².